The minimum Gasteiger partial charge on any atom is -0.370 e. The van der Waals surface area contributed by atoms with Gasteiger partial charge in [-0.15, -0.1) is 0 Å². The predicted octanol–water partition coefficient (Wildman–Crippen LogP) is -1.20. The summed E-state index contributed by atoms with van der Waals surface area (Å²) in [6.07, 6.45) is 1.01. The molecule has 0 spiro atoms. The Labute approximate surface area is 67.8 Å². The highest BCUT2D eigenvalue weighted by atomic mass is 16.2. The van der Waals surface area contributed by atoms with E-state index in [-0.39, 0.29) is 6.42 Å². The standard InChI is InChI=1S/C6H7N3O3/c7-4(10)1-3-2-8-6(12)9-5(3)11/h2-3H,1H2,(H2,7,10)(H,9,11,12). The van der Waals surface area contributed by atoms with Gasteiger partial charge >= 0.3 is 6.03 Å². The van der Waals surface area contributed by atoms with E-state index in [1.807, 2.05) is 5.32 Å². The van der Waals surface area contributed by atoms with Crippen molar-refractivity contribution >= 4 is 24.1 Å². The smallest absolute Gasteiger partial charge is 0.347 e. The van der Waals surface area contributed by atoms with E-state index in [1.165, 1.54) is 0 Å². The Kier molecular flexibility index (Phi) is 2.18. The summed E-state index contributed by atoms with van der Waals surface area (Å²) in [4.78, 5) is 35.1. The minimum atomic E-state index is -0.708. The van der Waals surface area contributed by atoms with Gasteiger partial charge in [-0.1, -0.05) is 0 Å². The van der Waals surface area contributed by atoms with Crippen LogP contribution in [-0.2, 0) is 9.59 Å². The molecule has 0 aromatic rings. The van der Waals surface area contributed by atoms with Crippen molar-refractivity contribution in [2.24, 2.45) is 16.6 Å². The number of nitrogens with two attached hydrogens (primary N) is 1. The van der Waals surface area contributed by atoms with E-state index in [1.54, 1.807) is 0 Å². The molecule has 0 radical (unpaired) electrons. The minimum absolute atomic E-state index is 0.122. The molecule has 12 heavy (non-hydrogen) atoms. The third-order valence-corrected chi connectivity index (χ3v) is 1.36. The molecule has 1 aliphatic heterocycles. The molecule has 1 rings (SSSR count). The SMILES string of the molecule is NC(=O)CC1C=NC(=O)NC1=O. The number of primary amides is 1. The number of carbonyl (C=O) groups is 3. The first-order chi connectivity index (χ1) is 5.59. The number of nitrogens with one attached hydrogen (secondary N) is 1. The number of amides is 4. The molecule has 0 saturated heterocycles. The molecule has 6 nitrogen and oxygen atoms in total. The summed E-state index contributed by atoms with van der Waals surface area (Å²) < 4.78 is 0. The Morgan fingerprint density at radius 2 is 2.33 bits per heavy atom. The zero-order valence-corrected chi connectivity index (χ0v) is 6.11. The van der Waals surface area contributed by atoms with Crippen molar-refractivity contribution in [1.29, 1.82) is 0 Å². The summed E-state index contributed by atoms with van der Waals surface area (Å²) in [5.74, 6) is -1.84. The van der Waals surface area contributed by atoms with Crippen LogP contribution in [0.1, 0.15) is 6.42 Å². The topological polar surface area (TPSA) is 102 Å². The first-order valence-electron chi connectivity index (χ1n) is 3.27. The van der Waals surface area contributed by atoms with E-state index in [4.69, 9.17) is 5.73 Å². The van der Waals surface area contributed by atoms with Crippen LogP contribution in [0.3, 0.4) is 0 Å². The van der Waals surface area contributed by atoms with Gasteiger partial charge in [0.15, 0.2) is 0 Å². The number of rotatable bonds is 2. The highest BCUT2D eigenvalue weighted by Gasteiger charge is 2.24. The molecule has 0 aromatic heterocycles. The molecule has 1 atom stereocenters. The van der Waals surface area contributed by atoms with E-state index in [0.29, 0.717) is 0 Å². The fourth-order valence-corrected chi connectivity index (χ4v) is 0.818. The van der Waals surface area contributed by atoms with Crippen LogP contribution < -0.4 is 11.1 Å². The molecule has 0 saturated carbocycles. The van der Waals surface area contributed by atoms with Crippen LogP contribution in [0.4, 0.5) is 4.79 Å². The molecular weight excluding hydrogens is 162 g/mol. The Balaban J connectivity index is 2.66. The molecular formula is C6H7N3O3. The van der Waals surface area contributed by atoms with Crippen molar-refractivity contribution in [3.05, 3.63) is 0 Å². The average Bonchev–Trinajstić information content (AvgIpc) is 1.94. The van der Waals surface area contributed by atoms with Crippen molar-refractivity contribution in [1.82, 2.24) is 5.32 Å². The van der Waals surface area contributed by atoms with Crippen LogP contribution in [0.5, 0.6) is 0 Å². The van der Waals surface area contributed by atoms with Crippen LogP contribution in [0.15, 0.2) is 4.99 Å². The van der Waals surface area contributed by atoms with Gasteiger partial charge in [0, 0.05) is 12.6 Å². The van der Waals surface area contributed by atoms with E-state index < -0.39 is 23.8 Å². The molecule has 0 aromatic carbocycles. The van der Waals surface area contributed by atoms with Crippen LogP contribution in [0.25, 0.3) is 0 Å². The van der Waals surface area contributed by atoms with E-state index >= 15 is 0 Å². The number of aliphatic imine (C=N–C) groups is 1. The van der Waals surface area contributed by atoms with E-state index in [9.17, 15) is 14.4 Å². The normalized spacial score (nSPS) is 22.2. The molecule has 3 N–H and O–H groups in total. The van der Waals surface area contributed by atoms with Crippen molar-refractivity contribution in [3.8, 4) is 0 Å². The maximum atomic E-state index is 10.9. The van der Waals surface area contributed by atoms with Gasteiger partial charge in [-0.2, -0.15) is 0 Å². The molecule has 0 bridgehead atoms. The Morgan fingerprint density at radius 3 is 2.83 bits per heavy atom. The lowest BCUT2D eigenvalue weighted by Gasteiger charge is -2.12. The Bertz CT molecular complexity index is 271. The zero-order chi connectivity index (χ0) is 9.14. The molecule has 4 amide bonds. The lowest BCUT2D eigenvalue weighted by Crippen LogP contribution is -2.40. The maximum absolute atomic E-state index is 10.9. The lowest BCUT2D eigenvalue weighted by molar-refractivity contribution is -0.126. The lowest BCUT2D eigenvalue weighted by atomic mass is 10.1. The summed E-state index contributed by atoms with van der Waals surface area (Å²) in [5, 5.41) is 1.95. The van der Waals surface area contributed by atoms with Crippen molar-refractivity contribution < 1.29 is 14.4 Å². The van der Waals surface area contributed by atoms with Crippen molar-refractivity contribution in [2.45, 2.75) is 6.42 Å². The fraction of sp³-hybridized carbons (Fsp3) is 0.333. The van der Waals surface area contributed by atoms with Crippen LogP contribution in [0, 0.1) is 5.92 Å². The number of urea groups is 1. The van der Waals surface area contributed by atoms with E-state index in [0.717, 1.165) is 6.21 Å². The highest BCUT2D eigenvalue weighted by Crippen LogP contribution is 2.03. The molecule has 1 heterocycles. The van der Waals surface area contributed by atoms with Gasteiger partial charge in [-0.25, -0.2) is 9.79 Å². The van der Waals surface area contributed by atoms with Crippen molar-refractivity contribution in [2.75, 3.05) is 0 Å². The largest absolute Gasteiger partial charge is 0.370 e. The first-order valence-corrected chi connectivity index (χ1v) is 3.27. The van der Waals surface area contributed by atoms with Gasteiger partial charge in [0.25, 0.3) is 0 Å². The number of imide groups is 1. The molecule has 1 unspecified atom stereocenters. The molecule has 6 heteroatoms. The van der Waals surface area contributed by atoms with Crippen LogP contribution in [-0.4, -0.2) is 24.1 Å². The molecule has 64 valence electrons. The third-order valence-electron chi connectivity index (χ3n) is 1.36. The van der Waals surface area contributed by atoms with Gasteiger partial charge in [0.2, 0.25) is 11.8 Å². The quantitative estimate of drug-likeness (QED) is 0.542. The number of nitrogens with zero attached hydrogens (tertiary/aromatic N) is 1. The maximum Gasteiger partial charge on any atom is 0.347 e. The summed E-state index contributed by atoms with van der Waals surface area (Å²) in [6.45, 7) is 0. The zero-order valence-electron chi connectivity index (χ0n) is 6.11. The first kappa shape index (κ1) is 8.38. The summed E-state index contributed by atoms with van der Waals surface area (Å²) in [7, 11) is 0. The Morgan fingerprint density at radius 1 is 1.67 bits per heavy atom. The van der Waals surface area contributed by atoms with Gasteiger partial charge in [-0.05, 0) is 0 Å². The summed E-state index contributed by atoms with van der Waals surface area (Å²) in [5.41, 5.74) is 4.85. The Hall–Kier alpha value is -1.72. The van der Waals surface area contributed by atoms with Gasteiger partial charge in [-0.3, -0.25) is 14.9 Å². The van der Waals surface area contributed by atoms with Gasteiger partial charge in [0.1, 0.15) is 0 Å². The monoisotopic (exact) mass is 169 g/mol. The predicted molar refractivity (Wildman–Crippen MR) is 39.3 cm³/mol. The second-order valence-corrected chi connectivity index (χ2v) is 2.35. The van der Waals surface area contributed by atoms with E-state index in [2.05, 4.69) is 4.99 Å². The highest BCUT2D eigenvalue weighted by molar-refractivity contribution is 6.10. The summed E-state index contributed by atoms with van der Waals surface area (Å²) in [6, 6.07) is -0.708. The molecule has 0 aliphatic carbocycles. The van der Waals surface area contributed by atoms with Gasteiger partial charge < -0.3 is 5.73 Å². The fourth-order valence-electron chi connectivity index (χ4n) is 0.818. The summed E-state index contributed by atoms with van der Waals surface area (Å²) >= 11 is 0. The number of hydrogen-bond acceptors (Lipinski definition) is 3. The number of hydrogen-bond donors (Lipinski definition) is 2. The average molecular weight is 169 g/mol. The second-order valence-electron chi connectivity index (χ2n) is 2.35. The second kappa shape index (κ2) is 3.12. The third kappa shape index (κ3) is 1.88. The molecule has 1 aliphatic rings. The van der Waals surface area contributed by atoms with Crippen LogP contribution >= 0.6 is 0 Å². The van der Waals surface area contributed by atoms with Crippen molar-refractivity contribution in [3.63, 3.8) is 0 Å². The molecule has 0 fully saturated rings. The van der Waals surface area contributed by atoms with Crippen LogP contribution in [0.2, 0.25) is 0 Å². The number of carbonyl (C=O) groups excluding carboxylic acids is 3. The van der Waals surface area contributed by atoms with Gasteiger partial charge in [0.05, 0.1) is 5.92 Å².